The van der Waals surface area contributed by atoms with Gasteiger partial charge in [0.05, 0.1) is 53.8 Å². The van der Waals surface area contributed by atoms with Gasteiger partial charge in [-0.2, -0.15) is 13.2 Å². The maximum atomic E-state index is 13.3. The topological polar surface area (TPSA) is 87.2 Å². The van der Waals surface area contributed by atoms with Crippen LogP contribution in [-0.4, -0.2) is 104 Å². The van der Waals surface area contributed by atoms with E-state index in [2.05, 4.69) is 4.90 Å². The molecule has 3 aliphatic rings. The Labute approximate surface area is 213 Å². The lowest BCUT2D eigenvalue weighted by Gasteiger charge is -2.50. The number of ether oxygens (including phenoxy) is 1. The van der Waals surface area contributed by atoms with Crippen LogP contribution in [0.25, 0.3) is 0 Å². The fourth-order valence-electron chi connectivity index (χ4n) is 5.05. The molecule has 0 N–H and O–H groups in total. The normalized spacial score (nSPS) is 27.1. The number of carbonyl (C=O) groups excluding carboxylic acids is 2. The van der Waals surface area contributed by atoms with Crippen LogP contribution in [0.3, 0.4) is 0 Å². The minimum absolute atomic E-state index is 0.137. The number of piperazine rings is 1. The lowest BCUT2D eigenvalue weighted by Crippen LogP contribution is -2.68. The van der Waals surface area contributed by atoms with Crippen LogP contribution in [0.15, 0.2) is 18.2 Å². The van der Waals surface area contributed by atoms with Gasteiger partial charge in [0.25, 0.3) is 0 Å². The molecule has 0 aromatic heterocycles. The SMILES string of the molecule is C[C@H]1C(=O)N2[C@@H](CCN3CCS(=O)(=O)CC3)COC[C@H]2CN1C(=O)Cc1ccc(C(F)(F)F)c(Cl)c1. The highest BCUT2D eigenvalue weighted by atomic mass is 35.5. The Hall–Kier alpha value is -1.89. The first-order valence-corrected chi connectivity index (χ1v) is 14.0. The number of benzene rings is 1. The van der Waals surface area contributed by atoms with Gasteiger partial charge >= 0.3 is 6.18 Å². The molecule has 3 heterocycles. The zero-order valence-corrected chi connectivity index (χ0v) is 21.4. The molecule has 13 heteroatoms. The van der Waals surface area contributed by atoms with Crippen molar-refractivity contribution in [2.75, 3.05) is 50.9 Å². The Morgan fingerprint density at radius 3 is 2.53 bits per heavy atom. The van der Waals surface area contributed by atoms with E-state index in [1.807, 2.05) is 0 Å². The maximum absolute atomic E-state index is 13.3. The summed E-state index contributed by atoms with van der Waals surface area (Å²) in [5.41, 5.74) is -0.629. The summed E-state index contributed by atoms with van der Waals surface area (Å²) < 4.78 is 68.0. The molecule has 1 aromatic carbocycles. The summed E-state index contributed by atoms with van der Waals surface area (Å²) in [6, 6.07) is 1.99. The van der Waals surface area contributed by atoms with Crippen molar-refractivity contribution in [3.63, 3.8) is 0 Å². The summed E-state index contributed by atoms with van der Waals surface area (Å²) in [5.74, 6) is -0.294. The van der Waals surface area contributed by atoms with Crippen molar-refractivity contribution in [3.05, 3.63) is 34.3 Å². The molecule has 0 radical (unpaired) electrons. The molecule has 36 heavy (non-hydrogen) atoms. The standard InChI is InChI=1S/C23H29ClF3N3O5S/c1-15-22(32)30-17(4-5-28-6-8-36(33,34)9-7-28)13-35-14-18(30)12-29(15)21(31)11-16-2-3-19(20(24)10-16)23(25,26)27/h2-3,10,15,17-18H,4-9,11-14H2,1H3/t15-,17-,18+/m0/s1. The van der Waals surface area contributed by atoms with Crippen molar-refractivity contribution < 1.29 is 35.9 Å². The van der Waals surface area contributed by atoms with Crippen LogP contribution < -0.4 is 0 Å². The highest BCUT2D eigenvalue weighted by Crippen LogP contribution is 2.35. The van der Waals surface area contributed by atoms with E-state index in [4.69, 9.17) is 16.3 Å². The minimum Gasteiger partial charge on any atom is -0.377 e. The molecule has 0 aliphatic carbocycles. The molecule has 3 fully saturated rings. The zero-order chi connectivity index (χ0) is 26.3. The Balaban J connectivity index is 1.38. The van der Waals surface area contributed by atoms with Gasteiger partial charge in [-0.3, -0.25) is 9.59 Å². The molecule has 0 saturated carbocycles. The number of hydrogen-bond acceptors (Lipinski definition) is 6. The van der Waals surface area contributed by atoms with Gasteiger partial charge in [0.15, 0.2) is 9.84 Å². The molecule has 3 aliphatic heterocycles. The van der Waals surface area contributed by atoms with Gasteiger partial charge in [-0.15, -0.1) is 0 Å². The first-order chi connectivity index (χ1) is 16.9. The summed E-state index contributed by atoms with van der Waals surface area (Å²) in [5, 5.41) is -0.475. The molecule has 0 spiro atoms. The predicted octanol–water partition coefficient (Wildman–Crippen LogP) is 1.85. The van der Waals surface area contributed by atoms with Crippen LogP contribution >= 0.6 is 11.6 Å². The van der Waals surface area contributed by atoms with Crippen molar-refractivity contribution >= 4 is 33.3 Å². The number of sulfone groups is 1. The van der Waals surface area contributed by atoms with Crippen molar-refractivity contribution in [2.24, 2.45) is 0 Å². The first kappa shape index (κ1) is 27.2. The van der Waals surface area contributed by atoms with E-state index in [0.717, 1.165) is 12.1 Å². The smallest absolute Gasteiger partial charge is 0.377 e. The summed E-state index contributed by atoms with van der Waals surface area (Å²) >= 11 is 5.79. The van der Waals surface area contributed by atoms with Crippen LogP contribution in [0.4, 0.5) is 13.2 Å². The quantitative estimate of drug-likeness (QED) is 0.555. The molecule has 3 atom stereocenters. The first-order valence-electron chi connectivity index (χ1n) is 11.8. The Bertz CT molecular complexity index is 1100. The van der Waals surface area contributed by atoms with E-state index in [1.165, 1.54) is 11.0 Å². The molecule has 3 saturated heterocycles. The average Bonchev–Trinajstić information content (AvgIpc) is 2.79. The van der Waals surface area contributed by atoms with Crippen LogP contribution in [0.5, 0.6) is 0 Å². The molecule has 1 aromatic rings. The minimum atomic E-state index is -4.58. The molecule has 4 rings (SSSR count). The van der Waals surface area contributed by atoms with E-state index in [0.29, 0.717) is 38.2 Å². The zero-order valence-electron chi connectivity index (χ0n) is 19.8. The number of amides is 2. The van der Waals surface area contributed by atoms with E-state index in [9.17, 15) is 31.2 Å². The average molecular weight is 552 g/mol. The fraction of sp³-hybridized carbons (Fsp3) is 0.652. The summed E-state index contributed by atoms with van der Waals surface area (Å²) in [7, 11) is -2.97. The van der Waals surface area contributed by atoms with Gasteiger partial charge in [-0.05, 0) is 31.0 Å². The number of alkyl halides is 3. The van der Waals surface area contributed by atoms with Crippen LogP contribution in [0.1, 0.15) is 24.5 Å². The van der Waals surface area contributed by atoms with Crippen LogP contribution in [-0.2, 0) is 36.8 Å². The van der Waals surface area contributed by atoms with Gasteiger partial charge in [0.2, 0.25) is 11.8 Å². The van der Waals surface area contributed by atoms with Gasteiger partial charge in [0, 0.05) is 26.2 Å². The summed E-state index contributed by atoms with van der Waals surface area (Å²) in [6.45, 7) is 4.16. The Morgan fingerprint density at radius 1 is 1.19 bits per heavy atom. The Morgan fingerprint density at radius 2 is 1.89 bits per heavy atom. The van der Waals surface area contributed by atoms with E-state index < -0.39 is 32.6 Å². The second-order valence-electron chi connectivity index (χ2n) is 9.58. The van der Waals surface area contributed by atoms with Gasteiger partial charge < -0.3 is 19.4 Å². The lowest BCUT2D eigenvalue weighted by molar-refractivity contribution is -0.168. The molecular formula is C23H29ClF3N3O5S. The highest BCUT2D eigenvalue weighted by molar-refractivity contribution is 7.91. The molecular weight excluding hydrogens is 523 g/mol. The molecule has 0 bridgehead atoms. The van der Waals surface area contributed by atoms with Crippen molar-refractivity contribution in [1.82, 2.24) is 14.7 Å². The number of carbonyl (C=O) groups is 2. The van der Waals surface area contributed by atoms with Gasteiger partial charge in [-0.25, -0.2) is 8.42 Å². The predicted molar refractivity (Wildman–Crippen MR) is 126 cm³/mol. The number of morpholine rings is 1. The molecule has 0 unspecified atom stereocenters. The summed E-state index contributed by atoms with van der Waals surface area (Å²) in [4.78, 5) is 31.7. The van der Waals surface area contributed by atoms with E-state index >= 15 is 0 Å². The maximum Gasteiger partial charge on any atom is 0.417 e. The third-order valence-electron chi connectivity index (χ3n) is 7.12. The van der Waals surface area contributed by atoms with Crippen LogP contribution in [0, 0.1) is 0 Å². The molecule has 8 nitrogen and oxygen atoms in total. The second-order valence-corrected chi connectivity index (χ2v) is 12.3. The third-order valence-corrected chi connectivity index (χ3v) is 9.05. The van der Waals surface area contributed by atoms with Crippen molar-refractivity contribution in [3.8, 4) is 0 Å². The van der Waals surface area contributed by atoms with Gasteiger partial charge in [0.1, 0.15) is 6.04 Å². The lowest BCUT2D eigenvalue weighted by atomic mass is 9.99. The number of fused-ring (bicyclic) bond motifs is 1. The van der Waals surface area contributed by atoms with Crippen molar-refractivity contribution in [1.29, 1.82) is 0 Å². The van der Waals surface area contributed by atoms with E-state index in [-0.39, 0.29) is 55.0 Å². The Kier molecular flexibility index (Phi) is 7.89. The molecule has 2 amide bonds. The second kappa shape index (κ2) is 10.5. The number of halogens is 4. The third kappa shape index (κ3) is 5.98. The van der Waals surface area contributed by atoms with Gasteiger partial charge in [-0.1, -0.05) is 17.7 Å². The number of rotatable bonds is 5. The van der Waals surface area contributed by atoms with Crippen molar-refractivity contribution in [2.45, 2.75) is 44.1 Å². The fourth-order valence-corrected chi connectivity index (χ4v) is 6.64. The number of hydrogen-bond donors (Lipinski definition) is 0. The van der Waals surface area contributed by atoms with E-state index in [1.54, 1.807) is 11.8 Å². The molecule has 200 valence electrons. The largest absolute Gasteiger partial charge is 0.417 e. The number of nitrogens with zero attached hydrogens (tertiary/aromatic N) is 3. The van der Waals surface area contributed by atoms with Crippen LogP contribution in [0.2, 0.25) is 5.02 Å². The monoisotopic (exact) mass is 551 g/mol. The highest BCUT2D eigenvalue weighted by Gasteiger charge is 2.45. The summed E-state index contributed by atoms with van der Waals surface area (Å²) in [6.07, 6.45) is -4.13.